The summed E-state index contributed by atoms with van der Waals surface area (Å²) >= 11 is 0. The number of hydrazine groups is 1. The molecule has 0 aliphatic heterocycles. The molecule has 1 aromatic heterocycles. The fraction of sp³-hybridized carbons (Fsp3) is 0.385. The molecule has 4 N–H and O–H groups in total. The van der Waals surface area contributed by atoms with E-state index in [9.17, 15) is 0 Å². The first-order valence-corrected chi connectivity index (χ1v) is 5.76. The Hall–Kier alpha value is -1.36. The van der Waals surface area contributed by atoms with Crippen LogP contribution in [0.15, 0.2) is 34.9 Å². The minimum atomic E-state index is 0.00343. The van der Waals surface area contributed by atoms with Gasteiger partial charge in [0.2, 0.25) is 0 Å². The van der Waals surface area contributed by atoms with Crippen LogP contribution in [0, 0.1) is 0 Å². The zero-order chi connectivity index (χ0) is 12.3. The standard InChI is InChI=1S/C13H19N3O/c1-13(2,8-15-9-16-14)11-7-17-12-6-4-3-5-10(11)12/h3-7,15-16H,8-9,14H2,1-2H3. The summed E-state index contributed by atoms with van der Waals surface area (Å²) in [6.07, 6.45) is 1.85. The molecule has 0 bridgehead atoms. The smallest absolute Gasteiger partial charge is 0.134 e. The summed E-state index contributed by atoms with van der Waals surface area (Å²) in [7, 11) is 0. The number of furan rings is 1. The maximum Gasteiger partial charge on any atom is 0.134 e. The molecule has 0 atom stereocenters. The lowest BCUT2D eigenvalue weighted by Crippen LogP contribution is -2.40. The van der Waals surface area contributed by atoms with Crippen molar-refractivity contribution in [1.82, 2.24) is 10.7 Å². The molecule has 1 aromatic carbocycles. The van der Waals surface area contributed by atoms with Gasteiger partial charge in [0.25, 0.3) is 0 Å². The van der Waals surface area contributed by atoms with Gasteiger partial charge < -0.3 is 9.73 Å². The first-order chi connectivity index (χ1) is 8.15. The van der Waals surface area contributed by atoms with Crippen molar-refractivity contribution >= 4 is 11.0 Å². The largest absolute Gasteiger partial charge is 0.464 e. The molecule has 1 heterocycles. The Balaban J connectivity index is 2.25. The van der Waals surface area contributed by atoms with Crippen LogP contribution in [0.4, 0.5) is 0 Å². The molecule has 0 radical (unpaired) electrons. The van der Waals surface area contributed by atoms with Crippen molar-refractivity contribution in [3.8, 4) is 0 Å². The molecule has 0 unspecified atom stereocenters. The van der Waals surface area contributed by atoms with Gasteiger partial charge in [-0.1, -0.05) is 32.0 Å². The van der Waals surface area contributed by atoms with Crippen molar-refractivity contribution in [2.45, 2.75) is 19.3 Å². The lowest BCUT2D eigenvalue weighted by atomic mass is 9.84. The number of hydrogen-bond donors (Lipinski definition) is 3. The first-order valence-electron chi connectivity index (χ1n) is 5.76. The lowest BCUT2D eigenvalue weighted by Gasteiger charge is -2.24. The van der Waals surface area contributed by atoms with Crippen LogP contribution >= 0.6 is 0 Å². The molecule has 4 heteroatoms. The molecule has 0 fully saturated rings. The molecular weight excluding hydrogens is 214 g/mol. The van der Waals surface area contributed by atoms with Crippen molar-refractivity contribution in [3.63, 3.8) is 0 Å². The summed E-state index contributed by atoms with van der Waals surface area (Å²) in [5.41, 5.74) is 4.75. The third-order valence-electron chi connectivity index (χ3n) is 3.00. The molecule has 0 saturated carbocycles. The fourth-order valence-corrected chi connectivity index (χ4v) is 2.04. The van der Waals surface area contributed by atoms with E-state index in [1.165, 1.54) is 10.9 Å². The summed E-state index contributed by atoms with van der Waals surface area (Å²) in [5.74, 6) is 5.24. The number of hydrogen-bond acceptors (Lipinski definition) is 4. The molecule has 0 aliphatic rings. The van der Waals surface area contributed by atoms with E-state index in [1.807, 2.05) is 24.5 Å². The number of nitrogens with two attached hydrogens (primary N) is 1. The second-order valence-electron chi connectivity index (χ2n) is 4.84. The van der Waals surface area contributed by atoms with Gasteiger partial charge in [-0.3, -0.25) is 5.84 Å². The van der Waals surface area contributed by atoms with Crippen molar-refractivity contribution < 1.29 is 4.42 Å². The maximum atomic E-state index is 5.57. The Bertz CT molecular complexity index is 490. The van der Waals surface area contributed by atoms with E-state index in [0.717, 1.165) is 12.1 Å². The summed E-state index contributed by atoms with van der Waals surface area (Å²) in [4.78, 5) is 0. The average Bonchev–Trinajstić information content (AvgIpc) is 2.73. The van der Waals surface area contributed by atoms with E-state index in [2.05, 4.69) is 30.7 Å². The van der Waals surface area contributed by atoms with Gasteiger partial charge >= 0.3 is 0 Å². The number of benzene rings is 1. The normalized spacial score (nSPS) is 12.2. The van der Waals surface area contributed by atoms with E-state index in [1.54, 1.807) is 0 Å². The Kier molecular flexibility index (Phi) is 3.47. The van der Waals surface area contributed by atoms with Crippen LogP contribution in [0.25, 0.3) is 11.0 Å². The predicted molar refractivity (Wildman–Crippen MR) is 69.4 cm³/mol. The van der Waals surface area contributed by atoms with Gasteiger partial charge in [0, 0.05) is 22.9 Å². The van der Waals surface area contributed by atoms with Gasteiger partial charge in [-0.15, -0.1) is 0 Å². The number of rotatable bonds is 5. The van der Waals surface area contributed by atoms with E-state index in [4.69, 9.17) is 10.3 Å². The molecule has 2 rings (SSSR count). The van der Waals surface area contributed by atoms with Crippen LogP contribution in [0.5, 0.6) is 0 Å². The van der Waals surface area contributed by atoms with Gasteiger partial charge in [0.15, 0.2) is 0 Å². The molecule has 4 nitrogen and oxygen atoms in total. The maximum absolute atomic E-state index is 5.57. The lowest BCUT2D eigenvalue weighted by molar-refractivity contribution is 0.451. The number of fused-ring (bicyclic) bond motifs is 1. The van der Waals surface area contributed by atoms with E-state index in [0.29, 0.717) is 6.67 Å². The van der Waals surface area contributed by atoms with Crippen molar-refractivity contribution in [2.24, 2.45) is 5.84 Å². The van der Waals surface area contributed by atoms with E-state index in [-0.39, 0.29) is 5.41 Å². The molecule has 0 aliphatic carbocycles. The Labute approximate surface area is 101 Å². The third kappa shape index (κ3) is 2.49. The summed E-state index contributed by atoms with van der Waals surface area (Å²) < 4.78 is 5.57. The minimum Gasteiger partial charge on any atom is -0.464 e. The molecular formula is C13H19N3O. The van der Waals surface area contributed by atoms with Crippen molar-refractivity contribution in [1.29, 1.82) is 0 Å². The molecule has 0 spiro atoms. The second-order valence-corrected chi connectivity index (χ2v) is 4.84. The highest BCUT2D eigenvalue weighted by Crippen LogP contribution is 2.31. The second kappa shape index (κ2) is 4.87. The molecule has 0 amide bonds. The van der Waals surface area contributed by atoms with Crippen LogP contribution in [-0.4, -0.2) is 13.2 Å². The van der Waals surface area contributed by atoms with Crippen LogP contribution < -0.4 is 16.6 Å². The van der Waals surface area contributed by atoms with Gasteiger partial charge in [-0.2, -0.15) is 0 Å². The number of nitrogens with one attached hydrogen (secondary N) is 2. The predicted octanol–water partition coefficient (Wildman–Crippen LogP) is 1.72. The minimum absolute atomic E-state index is 0.00343. The summed E-state index contributed by atoms with van der Waals surface area (Å²) in [5, 5.41) is 4.43. The number of para-hydroxylation sites is 1. The monoisotopic (exact) mass is 233 g/mol. The molecule has 0 saturated heterocycles. The third-order valence-corrected chi connectivity index (χ3v) is 3.00. The Morgan fingerprint density at radius 2 is 2.06 bits per heavy atom. The van der Waals surface area contributed by atoms with Gasteiger partial charge in [-0.25, -0.2) is 5.43 Å². The zero-order valence-electron chi connectivity index (χ0n) is 10.3. The van der Waals surface area contributed by atoms with Crippen molar-refractivity contribution in [2.75, 3.05) is 13.2 Å². The fourth-order valence-electron chi connectivity index (χ4n) is 2.04. The van der Waals surface area contributed by atoms with Crippen molar-refractivity contribution in [3.05, 3.63) is 36.1 Å². The first kappa shape index (κ1) is 12.1. The Morgan fingerprint density at radius 3 is 2.82 bits per heavy atom. The average molecular weight is 233 g/mol. The van der Waals surface area contributed by atoms with Gasteiger partial charge in [-0.05, 0) is 6.07 Å². The highest BCUT2D eigenvalue weighted by atomic mass is 16.3. The molecule has 92 valence electrons. The van der Waals surface area contributed by atoms with Crippen LogP contribution in [0.2, 0.25) is 0 Å². The molecule has 2 aromatic rings. The van der Waals surface area contributed by atoms with Gasteiger partial charge in [0.05, 0.1) is 12.9 Å². The van der Waals surface area contributed by atoms with E-state index >= 15 is 0 Å². The van der Waals surface area contributed by atoms with Crippen LogP contribution in [-0.2, 0) is 5.41 Å². The zero-order valence-corrected chi connectivity index (χ0v) is 10.3. The van der Waals surface area contributed by atoms with Gasteiger partial charge in [0.1, 0.15) is 5.58 Å². The van der Waals surface area contributed by atoms with Crippen LogP contribution in [0.3, 0.4) is 0 Å². The van der Waals surface area contributed by atoms with Crippen LogP contribution in [0.1, 0.15) is 19.4 Å². The SMILES string of the molecule is CC(C)(CNCNN)c1coc2ccccc12. The quantitative estimate of drug-likeness (QED) is 0.318. The highest BCUT2D eigenvalue weighted by molar-refractivity contribution is 5.82. The summed E-state index contributed by atoms with van der Waals surface area (Å²) in [6, 6.07) is 8.10. The highest BCUT2D eigenvalue weighted by Gasteiger charge is 2.24. The molecule has 17 heavy (non-hydrogen) atoms. The Morgan fingerprint density at radius 1 is 1.29 bits per heavy atom. The summed E-state index contributed by atoms with van der Waals surface area (Å²) in [6.45, 7) is 5.81. The topological polar surface area (TPSA) is 63.2 Å². The van der Waals surface area contributed by atoms with E-state index < -0.39 is 0 Å².